The summed E-state index contributed by atoms with van der Waals surface area (Å²) in [7, 11) is 0. The van der Waals surface area contributed by atoms with Crippen LogP contribution in [0.5, 0.6) is 0 Å². The highest BCUT2D eigenvalue weighted by Crippen LogP contribution is 2.38. The Morgan fingerprint density at radius 1 is 1.29 bits per heavy atom. The van der Waals surface area contributed by atoms with Crippen LogP contribution in [0.4, 0.5) is 0 Å². The molecule has 1 unspecified atom stereocenters. The first-order valence-electron chi connectivity index (χ1n) is 8.13. The van der Waals surface area contributed by atoms with Crippen molar-refractivity contribution in [3.8, 4) is 0 Å². The summed E-state index contributed by atoms with van der Waals surface area (Å²) in [6, 6.07) is 0. The minimum atomic E-state index is -0.770. The van der Waals surface area contributed by atoms with E-state index in [0.29, 0.717) is 25.2 Å². The molecule has 0 aromatic heterocycles. The summed E-state index contributed by atoms with van der Waals surface area (Å²) in [6.07, 6.45) is 6.66. The van der Waals surface area contributed by atoms with E-state index in [1.807, 2.05) is 0 Å². The van der Waals surface area contributed by atoms with E-state index < -0.39 is 11.4 Å². The Morgan fingerprint density at radius 3 is 2.57 bits per heavy atom. The number of rotatable bonds is 6. The van der Waals surface area contributed by atoms with E-state index >= 15 is 0 Å². The Kier molecular flexibility index (Phi) is 5.62. The number of amides is 1. The molecule has 1 aliphatic heterocycles. The highest BCUT2D eigenvalue weighted by atomic mass is 16.5. The summed E-state index contributed by atoms with van der Waals surface area (Å²) in [4.78, 5) is 23.5. The zero-order valence-electron chi connectivity index (χ0n) is 12.9. The first-order valence-corrected chi connectivity index (χ1v) is 8.13. The minimum absolute atomic E-state index is 0.0512. The molecule has 1 saturated heterocycles. The number of carboxylic acid groups (broad SMARTS) is 1. The molecule has 2 rings (SSSR count). The largest absolute Gasteiger partial charge is 0.481 e. The predicted molar refractivity (Wildman–Crippen MR) is 78.9 cm³/mol. The van der Waals surface area contributed by atoms with Gasteiger partial charge in [-0.1, -0.05) is 6.92 Å². The second-order valence-electron chi connectivity index (χ2n) is 6.72. The van der Waals surface area contributed by atoms with Crippen molar-refractivity contribution in [1.29, 1.82) is 0 Å². The van der Waals surface area contributed by atoms with Crippen LogP contribution in [0.15, 0.2) is 0 Å². The van der Waals surface area contributed by atoms with Gasteiger partial charge >= 0.3 is 5.97 Å². The molecule has 0 radical (unpaired) electrons. The average molecular weight is 297 g/mol. The molecule has 120 valence electrons. The third-order valence-electron chi connectivity index (χ3n) is 5.03. The maximum absolute atomic E-state index is 11.9. The van der Waals surface area contributed by atoms with Crippen LogP contribution in [0, 0.1) is 11.3 Å². The van der Waals surface area contributed by atoms with Crippen LogP contribution in [0.25, 0.3) is 0 Å². The average Bonchev–Trinajstić information content (AvgIpc) is 2.98. The van der Waals surface area contributed by atoms with Crippen molar-refractivity contribution in [2.75, 3.05) is 13.2 Å². The standard InChI is InChI=1S/C16H27NO4/c1-12-6-8-16(9-7-12,15(19)20)11-17-14(18)5-4-13-3-2-10-21-13/h12-13H,2-11H2,1H3,(H,17,18)(H,19,20). The van der Waals surface area contributed by atoms with Crippen molar-refractivity contribution in [3.63, 3.8) is 0 Å². The molecule has 1 aliphatic carbocycles. The van der Waals surface area contributed by atoms with Crippen LogP contribution < -0.4 is 5.32 Å². The van der Waals surface area contributed by atoms with Crippen molar-refractivity contribution < 1.29 is 19.4 Å². The lowest BCUT2D eigenvalue weighted by Crippen LogP contribution is -2.45. The molecule has 0 spiro atoms. The predicted octanol–water partition coefficient (Wildman–Crippen LogP) is 2.34. The van der Waals surface area contributed by atoms with Crippen LogP contribution >= 0.6 is 0 Å². The van der Waals surface area contributed by atoms with Gasteiger partial charge in [-0.2, -0.15) is 0 Å². The van der Waals surface area contributed by atoms with Gasteiger partial charge in [-0.3, -0.25) is 9.59 Å². The van der Waals surface area contributed by atoms with Crippen molar-refractivity contribution in [2.24, 2.45) is 11.3 Å². The summed E-state index contributed by atoms with van der Waals surface area (Å²) in [6.45, 7) is 3.22. The fraction of sp³-hybridized carbons (Fsp3) is 0.875. The zero-order valence-corrected chi connectivity index (χ0v) is 12.9. The normalized spacial score (nSPS) is 32.8. The number of aliphatic carboxylic acids is 1. The summed E-state index contributed by atoms with van der Waals surface area (Å²) >= 11 is 0. The molecule has 0 aromatic rings. The smallest absolute Gasteiger partial charge is 0.311 e. The molecule has 5 heteroatoms. The number of nitrogens with one attached hydrogen (secondary N) is 1. The molecule has 1 saturated carbocycles. The Balaban J connectivity index is 1.76. The van der Waals surface area contributed by atoms with Gasteiger partial charge in [0.05, 0.1) is 11.5 Å². The van der Waals surface area contributed by atoms with Gasteiger partial charge in [0, 0.05) is 19.6 Å². The number of carbonyl (C=O) groups is 2. The molecule has 1 amide bonds. The third kappa shape index (κ3) is 4.43. The number of carbonyl (C=O) groups excluding carboxylic acids is 1. The molecule has 1 heterocycles. The van der Waals surface area contributed by atoms with Crippen LogP contribution in [-0.2, 0) is 14.3 Å². The van der Waals surface area contributed by atoms with Crippen molar-refractivity contribution >= 4 is 11.9 Å². The molecule has 5 nitrogen and oxygen atoms in total. The molecule has 21 heavy (non-hydrogen) atoms. The number of carboxylic acids is 1. The summed E-state index contributed by atoms with van der Waals surface area (Å²) in [5.41, 5.74) is -0.758. The first-order chi connectivity index (χ1) is 10.0. The second kappa shape index (κ2) is 7.25. The summed E-state index contributed by atoms with van der Waals surface area (Å²) < 4.78 is 5.49. The van der Waals surface area contributed by atoms with E-state index in [1.54, 1.807) is 0 Å². The van der Waals surface area contributed by atoms with Crippen LogP contribution in [0.1, 0.15) is 58.3 Å². The van der Waals surface area contributed by atoms with Crippen molar-refractivity contribution in [1.82, 2.24) is 5.32 Å². The van der Waals surface area contributed by atoms with Gasteiger partial charge in [0.15, 0.2) is 0 Å². The molecular formula is C16H27NO4. The third-order valence-corrected chi connectivity index (χ3v) is 5.03. The summed E-state index contributed by atoms with van der Waals surface area (Å²) in [5.74, 6) is -0.230. The Morgan fingerprint density at radius 2 is 2.00 bits per heavy atom. The highest BCUT2D eigenvalue weighted by molar-refractivity contribution is 5.79. The first kappa shape index (κ1) is 16.3. The second-order valence-corrected chi connectivity index (χ2v) is 6.72. The molecule has 2 aliphatic rings. The van der Waals surface area contributed by atoms with E-state index in [1.165, 1.54) is 0 Å². The Bertz CT molecular complexity index is 368. The SMILES string of the molecule is CC1CCC(CNC(=O)CCC2CCCO2)(C(=O)O)CC1. The van der Waals surface area contributed by atoms with Gasteiger partial charge in [-0.25, -0.2) is 0 Å². The maximum Gasteiger partial charge on any atom is 0.311 e. The molecule has 2 fully saturated rings. The molecule has 0 bridgehead atoms. The topological polar surface area (TPSA) is 75.6 Å². The van der Waals surface area contributed by atoms with E-state index in [-0.39, 0.29) is 18.6 Å². The zero-order chi connectivity index (χ0) is 15.3. The van der Waals surface area contributed by atoms with E-state index in [9.17, 15) is 14.7 Å². The summed E-state index contributed by atoms with van der Waals surface area (Å²) in [5, 5.41) is 12.4. The van der Waals surface area contributed by atoms with Crippen molar-refractivity contribution in [3.05, 3.63) is 0 Å². The van der Waals surface area contributed by atoms with Crippen LogP contribution in [0.3, 0.4) is 0 Å². The van der Waals surface area contributed by atoms with Gasteiger partial charge in [0.2, 0.25) is 5.91 Å². The van der Waals surface area contributed by atoms with Gasteiger partial charge < -0.3 is 15.2 Å². The number of hydrogen-bond acceptors (Lipinski definition) is 3. The van der Waals surface area contributed by atoms with Gasteiger partial charge in [0.1, 0.15) is 0 Å². The lowest BCUT2D eigenvalue weighted by Gasteiger charge is -2.35. The van der Waals surface area contributed by atoms with E-state index in [2.05, 4.69) is 12.2 Å². The molecule has 1 atom stereocenters. The fourth-order valence-electron chi connectivity index (χ4n) is 3.30. The van der Waals surface area contributed by atoms with Gasteiger partial charge in [0.25, 0.3) is 0 Å². The van der Waals surface area contributed by atoms with E-state index in [0.717, 1.165) is 38.7 Å². The molecular weight excluding hydrogens is 270 g/mol. The lowest BCUT2D eigenvalue weighted by molar-refractivity contribution is -0.151. The lowest BCUT2D eigenvalue weighted by atomic mass is 9.71. The van der Waals surface area contributed by atoms with Gasteiger partial charge in [-0.15, -0.1) is 0 Å². The molecule has 2 N–H and O–H groups in total. The Hall–Kier alpha value is -1.10. The highest BCUT2D eigenvalue weighted by Gasteiger charge is 2.41. The van der Waals surface area contributed by atoms with Crippen LogP contribution in [-0.4, -0.2) is 36.2 Å². The van der Waals surface area contributed by atoms with Crippen LogP contribution in [0.2, 0.25) is 0 Å². The minimum Gasteiger partial charge on any atom is -0.481 e. The van der Waals surface area contributed by atoms with Gasteiger partial charge in [-0.05, 0) is 50.9 Å². The van der Waals surface area contributed by atoms with E-state index in [4.69, 9.17) is 4.74 Å². The number of hydrogen-bond donors (Lipinski definition) is 2. The number of ether oxygens (including phenoxy) is 1. The Labute approximate surface area is 126 Å². The quantitative estimate of drug-likeness (QED) is 0.789. The maximum atomic E-state index is 11.9. The fourth-order valence-corrected chi connectivity index (χ4v) is 3.30. The monoisotopic (exact) mass is 297 g/mol. The van der Waals surface area contributed by atoms with Crippen molar-refractivity contribution in [2.45, 2.75) is 64.4 Å². The molecule has 0 aromatic carbocycles.